The van der Waals surface area contributed by atoms with Crippen LogP contribution < -0.4 is 19.3 Å². The Morgan fingerprint density at radius 2 is 1.07 bits per heavy atom. The maximum absolute atomic E-state index is 14.4. The third-order valence-corrected chi connectivity index (χ3v) is 9.09. The molecule has 2 saturated heterocycles. The SMILES string of the molecule is COc1ccc(F)c(-c2ccc(CCl)cc2N2CCCCC2)c1.COc1ccc(F)c(-c2ccc(CO)cc2N2CCCCC2)c1.[3HH].[3H][3H].[3H][3H].[3H][3H].[3H][3H].[3H][3H].[3H][3H].[3H][3H].[3H][3H].[3H][3H].[3H][3H].[3H][3H].[3H][3H].[3H][3H].[3H][3H].[3H][3H].[3H][3H].[3H][3H].[3H][3H].[3H][3H].[3H][3H]. The second kappa shape index (κ2) is 16.1. The lowest BCUT2D eigenvalue weighted by molar-refractivity contribution is 0.282. The summed E-state index contributed by atoms with van der Waals surface area (Å²) in [7, 11) is 3.18. The predicted octanol–water partition coefficient (Wildman–Crippen LogP) is 14.4. The van der Waals surface area contributed by atoms with Crippen LogP contribution in [0.25, 0.3) is 22.3 Å². The smallest absolute Gasteiger partial charge is 0.131 e. The van der Waals surface area contributed by atoms with Crippen LogP contribution in [-0.4, -0.2) is 45.5 Å². The van der Waals surface area contributed by atoms with Crippen LogP contribution in [0, 0.1) is 11.6 Å². The normalized spacial score (nSPS) is 18.3. The molecule has 0 atom stereocenters. The van der Waals surface area contributed by atoms with Crippen LogP contribution in [0.15, 0.2) is 72.8 Å². The van der Waals surface area contributed by atoms with Crippen LogP contribution in [0.5, 0.6) is 11.5 Å². The number of methoxy groups -OCH3 is 2. The Morgan fingerprint density at radius 1 is 0.630 bits per heavy atom. The second-order valence-electron chi connectivity index (χ2n) is 11.8. The van der Waals surface area contributed by atoms with Gasteiger partial charge in [-0.15, -0.1) is 11.6 Å². The lowest BCUT2D eigenvalue weighted by Crippen LogP contribution is -2.30. The zero-order chi connectivity index (χ0) is 72.5. The maximum Gasteiger partial charge on any atom is 0.131 e. The molecule has 6 rings (SSSR count). The Hall–Kier alpha value is -3.81. The van der Waals surface area contributed by atoms with Gasteiger partial charge in [0.25, 0.3) is 0 Å². The summed E-state index contributed by atoms with van der Waals surface area (Å²) in [5.74, 6) is 1.26. The molecule has 0 saturated carbocycles. The van der Waals surface area contributed by atoms with Crippen molar-refractivity contribution in [3.63, 3.8) is 0 Å². The number of nitrogens with zero attached hydrogens (tertiary/aromatic N) is 2. The van der Waals surface area contributed by atoms with Crippen molar-refractivity contribution in [2.24, 2.45) is 0 Å². The fourth-order valence-electron chi connectivity index (χ4n) is 6.26. The van der Waals surface area contributed by atoms with E-state index in [1.54, 1.807) is 38.5 Å². The number of benzene rings is 4. The molecule has 0 aromatic heterocycles. The minimum absolute atomic E-state index is 0. The van der Waals surface area contributed by atoms with Crippen molar-refractivity contribution in [1.82, 2.24) is 0 Å². The molecule has 2 heterocycles. The number of hydrogen-bond donors (Lipinski definition) is 1. The number of aliphatic hydroxyl groups excluding tert-OH is 1. The van der Waals surface area contributed by atoms with Crippen LogP contribution in [0.2, 0.25) is 0 Å². The summed E-state index contributed by atoms with van der Waals surface area (Å²) in [6.07, 6.45) is 7.12. The average Bonchev–Trinajstić information content (AvgIpc) is 2.42. The van der Waals surface area contributed by atoms with E-state index >= 15 is 0 Å². The number of alkyl halides is 1. The summed E-state index contributed by atoms with van der Waals surface area (Å²) in [6.45, 7) is 3.93. The first kappa shape index (κ1) is 16.3. The van der Waals surface area contributed by atoms with Crippen LogP contribution in [0.1, 0.15) is 110 Å². The van der Waals surface area contributed by atoms with Gasteiger partial charge in [0, 0.05) is 127 Å². The summed E-state index contributed by atoms with van der Waals surface area (Å²) < 4.78 is 239. The number of rotatable bonds is 8. The molecule has 2 fully saturated rings. The molecule has 8 heteroatoms. The van der Waals surface area contributed by atoms with Gasteiger partial charge in [-0.25, -0.2) is 8.78 Å². The van der Waals surface area contributed by atoms with E-state index in [0.29, 0.717) is 28.5 Å². The molecule has 0 bridgehead atoms. The first-order valence-corrected chi connectivity index (χ1v) is 16.6. The van der Waals surface area contributed by atoms with Gasteiger partial charge in [-0.2, -0.15) is 0 Å². The molecule has 46 heavy (non-hydrogen) atoms. The third-order valence-electron chi connectivity index (χ3n) is 8.78. The highest BCUT2D eigenvalue weighted by Crippen LogP contribution is 2.38. The molecule has 0 amide bonds. The number of anilines is 2. The Labute approximate surface area is 339 Å². The number of hydrogen-bond acceptors (Lipinski definition) is 5. The average molecular weight is 774 g/mol. The van der Waals surface area contributed by atoms with Crippen molar-refractivity contribution in [3.05, 3.63) is 95.6 Å². The highest BCUT2D eigenvalue weighted by Gasteiger charge is 2.20. The van der Waals surface area contributed by atoms with Crippen molar-refractivity contribution in [1.29, 1.82) is 0 Å². The van der Waals surface area contributed by atoms with Crippen molar-refractivity contribution < 1.29 is 84.2 Å². The molecule has 0 spiro atoms. The topological polar surface area (TPSA) is 45.2 Å². The molecular weight excluding hydrogens is 606 g/mol. The van der Waals surface area contributed by atoms with Gasteiger partial charge in [-0.1, -0.05) is 24.3 Å². The summed E-state index contributed by atoms with van der Waals surface area (Å²) in [5.41, 5.74) is 6.81. The van der Waals surface area contributed by atoms with Gasteiger partial charge in [-0.3, -0.25) is 0 Å². The quantitative estimate of drug-likeness (QED) is 0.181. The Morgan fingerprint density at radius 3 is 1.48 bits per heavy atom. The Bertz CT molecular complexity index is 1570. The highest BCUT2D eigenvalue weighted by atomic mass is 35.5. The maximum atomic E-state index is 14.4. The molecule has 5 nitrogen and oxygen atoms in total. The van der Waals surface area contributed by atoms with Crippen LogP contribution in [-0.2, 0) is 12.5 Å². The zero-order valence-corrected chi connectivity index (χ0v) is 27.5. The van der Waals surface area contributed by atoms with E-state index in [-0.39, 0.29) is 19.7 Å². The molecule has 2 aliphatic rings. The molecule has 1 N–H and O–H groups in total. The van der Waals surface area contributed by atoms with E-state index in [4.69, 9.17) is 80.5 Å². The van der Waals surface area contributed by atoms with E-state index in [1.807, 2.05) is 30.3 Å². The first-order valence-electron chi connectivity index (χ1n) is 36.1. The van der Waals surface area contributed by atoms with Crippen molar-refractivity contribution in [2.45, 2.75) is 51.0 Å². The third kappa shape index (κ3) is 7.94. The highest BCUT2D eigenvalue weighted by molar-refractivity contribution is 6.17. The number of piperidine rings is 2. The molecular formula is C38H85ClF2N2O3. The zero-order valence-electron chi connectivity index (χ0n) is 66.7. The van der Waals surface area contributed by atoms with Gasteiger partial charge in [0.2, 0.25) is 0 Å². The molecule has 286 valence electrons. The second-order valence-corrected chi connectivity index (χ2v) is 12.0. The fraction of sp³-hybridized carbons (Fsp3) is 0.368. The number of ether oxygens (including phenoxy) is 2. The van der Waals surface area contributed by atoms with Gasteiger partial charge < -0.3 is 24.4 Å². The first-order chi connectivity index (χ1) is 42.4. The van der Waals surface area contributed by atoms with Crippen LogP contribution >= 0.6 is 11.6 Å². The number of aliphatic hydroxyl groups is 1. The minimum Gasteiger partial charge on any atom is -0.497 e. The summed E-state index contributed by atoms with van der Waals surface area (Å²) in [6, 6.07) is 21.4. The Kier molecular flexibility index (Phi) is 5.74. The van der Waals surface area contributed by atoms with Gasteiger partial charge in [0.15, 0.2) is 0 Å². The van der Waals surface area contributed by atoms with Gasteiger partial charge in [0.1, 0.15) is 23.1 Å². The molecule has 0 radical (unpaired) electrons. The minimum atomic E-state index is -0.263. The summed E-state index contributed by atoms with van der Waals surface area (Å²) in [5, 5.41) is 9.45. The predicted molar refractivity (Wildman–Crippen MR) is 229 cm³/mol. The van der Waals surface area contributed by atoms with E-state index in [1.165, 1.54) is 37.8 Å². The lowest BCUT2D eigenvalue weighted by Gasteiger charge is -2.31. The van der Waals surface area contributed by atoms with E-state index in [9.17, 15) is 13.9 Å². The number of halogens is 3. The Balaban J connectivity index is -0.0000000474. The lowest BCUT2D eigenvalue weighted by atomic mass is 9.98. The van der Waals surface area contributed by atoms with E-state index < -0.39 is 0 Å². The molecule has 4 aromatic carbocycles. The molecule has 2 aliphatic heterocycles. The fourth-order valence-corrected chi connectivity index (χ4v) is 6.43. The molecule has 0 aliphatic carbocycles. The van der Waals surface area contributed by atoms with Crippen molar-refractivity contribution in [3.8, 4) is 33.8 Å². The molecule has 0 unspecified atom stereocenters. The van der Waals surface area contributed by atoms with Crippen molar-refractivity contribution in [2.75, 3.05) is 50.2 Å². The largest absolute Gasteiger partial charge is 0.497 e. The van der Waals surface area contributed by atoms with Gasteiger partial charge in [-0.05, 0) is 98.2 Å². The van der Waals surface area contributed by atoms with E-state index in [2.05, 4.69) is 15.9 Å². The standard InChI is InChI=1S/C19H21ClFNO.C19H22FNO2.21H2/c1-23-15-6-8-18(21)17(12-15)16-7-5-14(13-20)11-19(16)22-9-3-2-4-10-22;1-23-15-6-8-18(20)17(12-15)16-7-5-14(13-22)11-19(16)21-9-3-2-4-10-21;;;;;;;;;;;;;;;;;;;;;/h5-8,11-12H,2-4,9-10,13H2,1H3;5-8,11-12,22H,2-4,9-10,13H2,1H3;21*1H/i;;20*1+2T;1+2. The summed E-state index contributed by atoms with van der Waals surface area (Å²) >= 11 is 6.00. The van der Waals surface area contributed by atoms with E-state index in [0.717, 1.165) is 72.6 Å². The van der Waals surface area contributed by atoms with Crippen LogP contribution in [0.4, 0.5) is 20.2 Å². The monoisotopic (exact) mass is 773 g/mol. The van der Waals surface area contributed by atoms with Crippen molar-refractivity contribution >= 4 is 23.0 Å². The molecule has 4 aromatic rings. The van der Waals surface area contributed by atoms with Gasteiger partial charge >= 0.3 is 0 Å². The van der Waals surface area contributed by atoms with Crippen LogP contribution in [0.3, 0.4) is 0 Å². The summed E-state index contributed by atoms with van der Waals surface area (Å²) in [4.78, 5) is 4.63. The van der Waals surface area contributed by atoms with Gasteiger partial charge in [0.05, 0.1) is 20.8 Å².